The molecule has 0 amide bonds. The first-order valence-electron chi connectivity index (χ1n) is 6.46. The number of ketones is 1. The molecule has 1 fully saturated rings. The molecular formula is C16H19NO2. The molecule has 3 nitrogen and oxygen atoms in total. The van der Waals surface area contributed by atoms with Crippen LogP contribution in [0.15, 0.2) is 41.7 Å². The van der Waals surface area contributed by atoms with E-state index in [-0.39, 0.29) is 28.2 Å². The van der Waals surface area contributed by atoms with Crippen LogP contribution in [-0.4, -0.2) is 16.6 Å². The SMILES string of the molecule is CC1(C)CC(=N)/C(=C(\O)Cc2ccccc2)C(=O)C1. The van der Waals surface area contributed by atoms with Crippen LogP contribution in [0.5, 0.6) is 0 Å². The molecule has 1 aliphatic rings. The molecule has 0 aromatic heterocycles. The van der Waals surface area contributed by atoms with E-state index in [9.17, 15) is 9.90 Å². The van der Waals surface area contributed by atoms with Crippen molar-refractivity contribution in [3.63, 3.8) is 0 Å². The standard InChI is InChI=1S/C16H19NO2/c1-16(2)9-12(17)15(14(19)10-16)13(18)8-11-6-4-3-5-7-11/h3-7,17-18H,8-10H2,1-2H3/b15-13+,17-12?. The van der Waals surface area contributed by atoms with Crippen LogP contribution >= 0.6 is 0 Å². The number of rotatable bonds is 2. The summed E-state index contributed by atoms with van der Waals surface area (Å²) in [6, 6.07) is 9.49. The van der Waals surface area contributed by atoms with Crippen molar-refractivity contribution in [2.45, 2.75) is 33.1 Å². The number of Topliss-reactive ketones (excluding diaryl/α,β-unsaturated/α-hetero) is 1. The van der Waals surface area contributed by atoms with Crippen LogP contribution in [0.25, 0.3) is 0 Å². The summed E-state index contributed by atoms with van der Waals surface area (Å²) in [6.45, 7) is 3.95. The highest BCUT2D eigenvalue weighted by atomic mass is 16.3. The number of carbonyl (C=O) groups is 1. The summed E-state index contributed by atoms with van der Waals surface area (Å²) in [4.78, 5) is 12.1. The van der Waals surface area contributed by atoms with Gasteiger partial charge in [-0.15, -0.1) is 0 Å². The predicted molar refractivity (Wildman–Crippen MR) is 75.5 cm³/mol. The van der Waals surface area contributed by atoms with E-state index in [0.29, 0.717) is 19.3 Å². The molecule has 19 heavy (non-hydrogen) atoms. The first kappa shape index (κ1) is 13.5. The number of nitrogens with one attached hydrogen (secondary N) is 1. The number of hydrogen-bond donors (Lipinski definition) is 2. The predicted octanol–water partition coefficient (Wildman–Crippen LogP) is 3.45. The van der Waals surface area contributed by atoms with Crippen molar-refractivity contribution in [3.8, 4) is 0 Å². The molecule has 1 saturated carbocycles. The maximum Gasteiger partial charge on any atom is 0.168 e. The Morgan fingerprint density at radius 2 is 1.89 bits per heavy atom. The minimum absolute atomic E-state index is 0.0247. The van der Waals surface area contributed by atoms with Crippen LogP contribution in [0.2, 0.25) is 0 Å². The molecular weight excluding hydrogens is 238 g/mol. The van der Waals surface area contributed by atoms with Crippen molar-refractivity contribution in [3.05, 3.63) is 47.2 Å². The number of aliphatic hydroxyl groups excluding tert-OH is 1. The highest BCUT2D eigenvalue weighted by Crippen LogP contribution is 2.34. The first-order chi connectivity index (χ1) is 8.89. The Bertz CT molecular complexity index is 519. The van der Waals surface area contributed by atoms with Gasteiger partial charge in [0.05, 0.1) is 5.57 Å². The van der Waals surface area contributed by atoms with Crippen molar-refractivity contribution in [1.82, 2.24) is 0 Å². The lowest BCUT2D eigenvalue weighted by atomic mass is 9.73. The highest BCUT2D eigenvalue weighted by molar-refractivity contribution is 6.23. The average molecular weight is 257 g/mol. The average Bonchev–Trinajstić information content (AvgIpc) is 2.27. The number of aliphatic hydroxyl groups is 1. The van der Waals surface area contributed by atoms with E-state index in [0.717, 1.165) is 5.56 Å². The Kier molecular flexibility index (Phi) is 3.56. The summed E-state index contributed by atoms with van der Waals surface area (Å²) < 4.78 is 0. The third-order valence-electron chi connectivity index (χ3n) is 3.38. The molecule has 2 rings (SSSR count). The Morgan fingerprint density at radius 1 is 1.26 bits per heavy atom. The van der Waals surface area contributed by atoms with Crippen LogP contribution in [0.3, 0.4) is 0 Å². The largest absolute Gasteiger partial charge is 0.511 e. The van der Waals surface area contributed by atoms with Gasteiger partial charge in [-0.05, 0) is 17.4 Å². The fourth-order valence-corrected chi connectivity index (χ4v) is 2.53. The van der Waals surface area contributed by atoms with Crippen LogP contribution in [0.4, 0.5) is 0 Å². The highest BCUT2D eigenvalue weighted by Gasteiger charge is 2.35. The quantitative estimate of drug-likeness (QED) is 0.629. The molecule has 1 aromatic rings. The van der Waals surface area contributed by atoms with Crippen molar-refractivity contribution in [2.24, 2.45) is 5.41 Å². The number of allylic oxidation sites excluding steroid dienone is 2. The lowest BCUT2D eigenvalue weighted by Gasteiger charge is -2.30. The van der Waals surface area contributed by atoms with Crippen molar-refractivity contribution < 1.29 is 9.90 Å². The van der Waals surface area contributed by atoms with Gasteiger partial charge in [0.25, 0.3) is 0 Å². The lowest BCUT2D eigenvalue weighted by molar-refractivity contribution is -0.117. The summed E-state index contributed by atoms with van der Waals surface area (Å²) >= 11 is 0. The summed E-state index contributed by atoms with van der Waals surface area (Å²) in [5.41, 5.74) is 1.25. The first-order valence-corrected chi connectivity index (χ1v) is 6.46. The normalized spacial score (nSPS) is 21.4. The van der Waals surface area contributed by atoms with Gasteiger partial charge in [0, 0.05) is 18.6 Å². The second-order valence-electron chi connectivity index (χ2n) is 5.90. The fraction of sp³-hybridized carbons (Fsp3) is 0.375. The van der Waals surface area contributed by atoms with E-state index in [2.05, 4.69) is 0 Å². The Morgan fingerprint density at radius 3 is 2.47 bits per heavy atom. The van der Waals surface area contributed by atoms with Crippen molar-refractivity contribution >= 4 is 11.5 Å². The third kappa shape index (κ3) is 3.11. The summed E-state index contributed by atoms with van der Waals surface area (Å²) in [7, 11) is 0. The maximum absolute atomic E-state index is 12.1. The van der Waals surface area contributed by atoms with E-state index < -0.39 is 0 Å². The smallest absolute Gasteiger partial charge is 0.168 e. The molecule has 0 aliphatic heterocycles. The number of carbonyl (C=O) groups excluding carboxylic acids is 1. The topological polar surface area (TPSA) is 61.1 Å². The zero-order valence-electron chi connectivity index (χ0n) is 11.4. The molecule has 0 bridgehead atoms. The van der Waals surface area contributed by atoms with Gasteiger partial charge >= 0.3 is 0 Å². The molecule has 2 N–H and O–H groups in total. The van der Waals surface area contributed by atoms with Gasteiger partial charge in [0.15, 0.2) is 5.78 Å². The van der Waals surface area contributed by atoms with Gasteiger partial charge < -0.3 is 10.5 Å². The van der Waals surface area contributed by atoms with Gasteiger partial charge in [-0.25, -0.2) is 0 Å². The molecule has 100 valence electrons. The second kappa shape index (κ2) is 5.00. The molecule has 3 heteroatoms. The molecule has 0 atom stereocenters. The van der Waals surface area contributed by atoms with Crippen molar-refractivity contribution in [1.29, 1.82) is 5.41 Å². The van der Waals surface area contributed by atoms with E-state index >= 15 is 0 Å². The van der Waals surface area contributed by atoms with E-state index in [1.807, 2.05) is 44.2 Å². The minimum atomic E-state index is -0.176. The maximum atomic E-state index is 12.1. The zero-order chi connectivity index (χ0) is 14.0. The summed E-state index contributed by atoms with van der Waals surface area (Å²) in [5.74, 6) is -0.0913. The van der Waals surface area contributed by atoms with Gasteiger partial charge in [-0.2, -0.15) is 0 Å². The van der Waals surface area contributed by atoms with Gasteiger partial charge in [0.1, 0.15) is 5.76 Å². The molecule has 0 radical (unpaired) electrons. The van der Waals surface area contributed by atoms with Crippen LogP contribution in [0.1, 0.15) is 32.3 Å². The fourth-order valence-electron chi connectivity index (χ4n) is 2.53. The molecule has 1 aromatic carbocycles. The number of hydrogen-bond acceptors (Lipinski definition) is 3. The lowest BCUT2D eigenvalue weighted by Crippen LogP contribution is -2.32. The minimum Gasteiger partial charge on any atom is -0.511 e. The second-order valence-corrected chi connectivity index (χ2v) is 5.90. The Labute approximate surface area is 113 Å². The third-order valence-corrected chi connectivity index (χ3v) is 3.38. The van der Waals surface area contributed by atoms with Gasteiger partial charge in [-0.3, -0.25) is 4.79 Å². The number of benzene rings is 1. The zero-order valence-corrected chi connectivity index (χ0v) is 11.4. The molecule has 0 spiro atoms. The summed E-state index contributed by atoms with van der Waals surface area (Å²) in [6.07, 6.45) is 1.24. The Hall–Kier alpha value is -1.90. The van der Waals surface area contributed by atoms with Crippen molar-refractivity contribution in [2.75, 3.05) is 0 Å². The van der Waals surface area contributed by atoms with Gasteiger partial charge in [-0.1, -0.05) is 44.2 Å². The van der Waals surface area contributed by atoms with E-state index in [4.69, 9.17) is 5.41 Å². The van der Waals surface area contributed by atoms with E-state index in [1.54, 1.807) is 0 Å². The van der Waals surface area contributed by atoms with E-state index in [1.165, 1.54) is 0 Å². The van der Waals surface area contributed by atoms with Crippen LogP contribution < -0.4 is 0 Å². The summed E-state index contributed by atoms with van der Waals surface area (Å²) in [5, 5.41) is 18.1. The van der Waals surface area contributed by atoms with Gasteiger partial charge in [0.2, 0.25) is 0 Å². The molecule has 1 aliphatic carbocycles. The molecule has 0 saturated heterocycles. The van der Waals surface area contributed by atoms with Crippen LogP contribution in [0, 0.1) is 10.8 Å². The van der Waals surface area contributed by atoms with Crippen LogP contribution in [-0.2, 0) is 11.2 Å². The molecule has 0 unspecified atom stereocenters. The monoisotopic (exact) mass is 257 g/mol. The Balaban J connectivity index is 2.26. The molecule has 0 heterocycles.